The van der Waals surface area contributed by atoms with Gasteiger partial charge >= 0.3 is 6.18 Å². The van der Waals surface area contributed by atoms with Gasteiger partial charge in [-0.2, -0.15) is 33.9 Å². The largest absolute Gasteiger partial charge is 0.413 e. The zero-order valence-corrected chi connectivity index (χ0v) is 26.2. The van der Waals surface area contributed by atoms with Gasteiger partial charge < -0.3 is 10.6 Å². The monoisotopic (exact) mass is 636 g/mol. The second-order valence-electron chi connectivity index (χ2n) is 13.0. The van der Waals surface area contributed by atoms with E-state index < -0.39 is 17.8 Å². The fraction of sp³-hybridized carbons (Fsp3) is 0.324. The number of nitriles is 2. The van der Waals surface area contributed by atoms with E-state index in [2.05, 4.69) is 69.0 Å². The van der Waals surface area contributed by atoms with Gasteiger partial charge in [-0.05, 0) is 60.1 Å². The molecule has 238 valence electrons. The van der Waals surface area contributed by atoms with E-state index in [1.807, 2.05) is 31.2 Å². The molecule has 0 spiro atoms. The molecule has 3 heterocycles. The number of anilines is 2. The van der Waals surface area contributed by atoms with Crippen LogP contribution in [0, 0.1) is 35.0 Å². The molecule has 0 aliphatic heterocycles. The fourth-order valence-electron chi connectivity index (χ4n) is 5.68. The third-order valence-corrected chi connectivity index (χ3v) is 8.39. The molecule has 1 aliphatic rings. The molecule has 0 amide bonds. The highest BCUT2D eigenvalue weighted by molar-refractivity contribution is 6.01. The van der Waals surface area contributed by atoms with Crippen LogP contribution in [0.25, 0.3) is 22.0 Å². The van der Waals surface area contributed by atoms with Crippen LogP contribution in [0.5, 0.6) is 0 Å². The zero-order chi connectivity index (χ0) is 33.6. The predicted molar refractivity (Wildman–Crippen MR) is 170 cm³/mol. The molecule has 0 unspecified atom stereocenters. The number of nitrogens with one attached hydrogen (secondary N) is 2. The first kappa shape index (κ1) is 31.4. The average Bonchev–Trinajstić information content (AvgIpc) is 3.73. The van der Waals surface area contributed by atoms with Gasteiger partial charge in [0.2, 0.25) is 0 Å². The summed E-state index contributed by atoms with van der Waals surface area (Å²) in [5.41, 5.74) is 3.35. The number of nitrogens with zero attached hydrogens (tertiary/aromatic N) is 8. The van der Waals surface area contributed by atoms with E-state index >= 15 is 0 Å². The Hall–Kier alpha value is -5.56. The molecule has 0 radical (unpaired) electrons. The molecule has 0 bridgehead atoms. The lowest BCUT2D eigenvalue weighted by atomic mass is 9.92. The summed E-state index contributed by atoms with van der Waals surface area (Å²) < 4.78 is 43.1. The summed E-state index contributed by atoms with van der Waals surface area (Å²) in [6.45, 7) is 8.64. The lowest BCUT2D eigenvalue weighted by Crippen LogP contribution is -2.35. The Morgan fingerprint density at radius 1 is 1.04 bits per heavy atom. The number of fused-ring (bicyclic) bond motifs is 1. The van der Waals surface area contributed by atoms with Gasteiger partial charge in [-0.1, -0.05) is 44.2 Å². The van der Waals surface area contributed by atoms with Crippen molar-refractivity contribution in [1.29, 1.82) is 10.5 Å². The number of aromatic nitrogens is 6. The minimum Gasteiger partial charge on any atom is -0.383 e. The van der Waals surface area contributed by atoms with E-state index in [9.17, 15) is 23.7 Å². The molecule has 0 saturated heterocycles. The van der Waals surface area contributed by atoms with Crippen LogP contribution in [-0.2, 0) is 5.54 Å². The van der Waals surface area contributed by atoms with E-state index in [-0.39, 0.29) is 24.0 Å². The third-order valence-electron chi connectivity index (χ3n) is 8.39. The van der Waals surface area contributed by atoms with Gasteiger partial charge in [-0.15, -0.1) is 5.10 Å². The quantitative estimate of drug-likeness (QED) is 0.183. The molecule has 1 atom stereocenters. The van der Waals surface area contributed by atoms with Crippen molar-refractivity contribution in [3.63, 3.8) is 0 Å². The molecular formula is C34H31F3N10. The standard InChI is InChI=1S/C34H31F3N10/c1-20-24(22-8-11-42-43-17-22)6-5-7-25(20)31(28-18-47(46-45-28)33(9-10-33)34(35,36)37)44-27-13-21(14-38)12-26-29(41-19-32(2,3)4)23(15-39)16-40-30(26)27/h5-8,11-13,16-18,31,44H,9-10,19H2,1-4H3,(H,40,41)/t31-/m0/s1. The SMILES string of the molecule is Cc1c(-c2ccnnc2)cccc1[C@H](Nc1cc(C#N)cc2c(NCC(C)(C)C)c(C#N)cnc12)c1cn(C2(C(F)(F)F)CC2)nn1. The number of hydrogen-bond donors (Lipinski definition) is 2. The van der Waals surface area contributed by atoms with E-state index in [0.717, 1.165) is 26.9 Å². The molecule has 6 rings (SSSR count). The lowest BCUT2D eigenvalue weighted by molar-refractivity contribution is -0.182. The van der Waals surface area contributed by atoms with Crippen LogP contribution in [0.4, 0.5) is 24.5 Å². The summed E-state index contributed by atoms with van der Waals surface area (Å²) in [6, 6.07) is 14.4. The van der Waals surface area contributed by atoms with Crippen molar-refractivity contribution in [3.8, 4) is 23.3 Å². The van der Waals surface area contributed by atoms with Gasteiger partial charge in [-0.3, -0.25) is 4.98 Å². The summed E-state index contributed by atoms with van der Waals surface area (Å²) in [4.78, 5) is 4.61. The van der Waals surface area contributed by atoms with Crippen LogP contribution < -0.4 is 10.6 Å². The van der Waals surface area contributed by atoms with Crippen molar-refractivity contribution in [2.24, 2.45) is 5.41 Å². The summed E-state index contributed by atoms with van der Waals surface area (Å²) >= 11 is 0. The Labute approximate surface area is 269 Å². The van der Waals surface area contributed by atoms with Gasteiger partial charge in [-0.25, -0.2) is 4.68 Å². The van der Waals surface area contributed by atoms with Gasteiger partial charge in [0.1, 0.15) is 11.8 Å². The van der Waals surface area contributed by atoms with Crippen LogP contribution in [0.2, 0.25) is 0 Å². The summed E-state index contributed by atoms with van der Waals surface area (Å²) in [6.07, 6.45) is 1.39. The lowest BCUT2D eigenvalue weighted by Gasteiger charge is -2.24. The van der Waals surface area contributed by atoms with Crippen molar-refractivity contribution in [3.05, 3.63) is 89.1 Å². The first-order valence-corrected chi connectivity index (χ1v) is 15.0. The molecule has 1 fully saturated rings. The normalized spacial score (nSPS) is 14.7. The van der Waals surface area contributed by atoms with Crippen molar-refractivity contribution < 1.29 is 13.2 Å². The number of pyridine rings is 1. The molecule has 5 aromatic rings. The van der Waals surface area contributed by atoms with Crippen molar-refractivity contribution >= 4 is 22.3 Å². The van der Waals surface area contributed by atoms with E-state index in [4.69, 9.17) is 0 Å². The maximum atomic E-state index is 14.1. The van der Waals surface area contributed by atoms with Crippen molar-refractivity contribution in [1.82, 2.24) is 30.2 Å². The van der Waals surface area contributed by atoms with Crippen molar-refractivity contribution in [2.45, 2.75) is 58.3 Å². The Morgan fingerprint density at radius 2 is 1.83 bits per heavy atom. The van der Waals surface area contributed by atoms with Gasteiger partial charge in [0.25, 0.3) is 0 Å². The molecule has 10 nitrogen and oxygen atoms in total. The first-order valence-electron chi connectivity index (χ1n) is 15.0. The van der Waals surface area contributed by atoms with E-state index in [0.29, 0.717) is 39.9 Å². The second-order valence-corrected chi connectivity index (χ2v) is 13.0. The molecular weight excluding hydrogens is 605 g/mol. The zero-order valence-electron chi connectivity index (χ0n) is 26.2. The van der Waals surface area contributed by atoms with E-state index in [1.165, 1.54) is 12.4 Å². The maximum absolute atomic E-state index is 14.1. The highest BCUT2D eigenvalue weighted by Crippen LogP contribution is 2.55. The van der Waals surface area contributed by atoms with Gasteiger partial charge in [0.15, 0.2) is 5.54 Å². The fourth-order valence-corrected chi connectivity index (χ4v) is 5.68. The molecule has 47 heavy (non-hydrogen) atoms. The maximum Gasteiger partial charge on any atom is 0.413 e. The smallest absolute Gasteiger partial charge is 0.383 e. The Balaban J connectivity index is 1.53. The summed E-state index contributed by atoms with van der Waals surface area (Å²) in [5.74, 6) is 0. The molecule has 1 aliphatic carbocycles. The third kappa shape index (κ3) is 5.92. The van der Waals surface area contributed by atoms with Gasteiger partial charge in [0.05, 0.1) is 58.7 Å². The Morgan fingerprint density at radius 3 is 2.47 bits per heavy atom. The predicted octanol–water partition coefficient (Wildman–Crippen LogP) is 7.05. The second kappa shape index (κ2) is 11.7. The van der Waals surface area contributed by atoms with E-state index in [1.54, 1.807) is 24.5 Å². The Kier molecular flexibility index (Phi) is 7.80. The molecule has 13 heteroatoms. The van der Waals surface area contributed by atoms with Crippen LogP contribution in [0.3, 0.4) is 0 Å². The topological polar surface area (TPSA) is 141 Å². The van der Waals surface area contributed by atoms with Crippen LogP contribution >= 0.6 is 0 Å². The highest BCUT2D eigenvalue weighted by Gasteiger charge is 2.66. The molecule has 3 aromatic heterocycles. The van der Waals surface area contributed by atoms with Gasteiger partial charge in [0, 0.05) is 23.7 Å². The molecule has 2 N–H and O–H groups in total. The summed E-state index contributed by atoms with van der Waals surface area (Å²) in [5, 5.41) is 43.4. The Bertz CT molecular complexity index is 2050. The highest BCUT2D eigenvalue weighted by atomic mass is 19.4. The number of hydrogen-bond acceptors (Lipinski definition) is 9. The number of rotatable bonds is 8. The van der Waals surface area contributed by atoms with Crippen LogP contribution in [0.15, 0.2) is 61.2 Å². The van der Waals surface area contributed by atoms with Crippen LogP contribution in [0.1, 0.15) is 67.6 Å². The minimum atomic E-state index is -4.48. The number of alkyl halides is 3. The summed E-state index contributed by atoms with van der Waals surface area (Å²) in [7, 11) is 0. The van der Waals surface area contributed by atoms with Crippen molar-refractivity contribution in [2.75, 3.05) is 17.2 Å². The minimum absolute atomic E-state index is 0.0781. The number of halogens is 3. The molecule has 1 saturated carbocycles. The van der Waals surface area contributed by atoms with Crippen LogP contribution in [-0.4, -0.2) is 42.9 Å². The molecule has 2 aromatic carbocycles. The average molecular weight is 637 g/mol. The first-order chi connectivity index (χ1) is 22.3. The number of benzene rings is 2.